The van der Waals surface area contributed by atoms with Crippen LogP contribution in [0.2, 0.25) is 0 Å². The number of benzene rings is 3. The summed E-state index contributed by atoms with van der Waals surface area (Å²) in [5.41, 5.74) is 3.45. The number of carbonyl (C=O) groups excluding carboxylic acids is 1. The zero-order valence-corrected chi connectivity index (χ0v) is 20.1. The van der Waals surface area contributed by atoms with Gasteiger partial charge in [0.1, 0.15) is 24.7 Å². The van der Waals surface area contributed by atoms with Crippen molar-refractivity contribution in [1.82, 2.24) is 5.43 Å². The van der Waals surface area contributed by atoms with Gasteiger partial charge in [-0.2, -0.15) is 5.10 Å². The third-order valence-electron chi connectivity index (χ3n) is 4.68. The second-order valence-electron chi connectivity index (χ2n) is 7.22. The van der Waals surface area contributed by atoms with Crippen LogP contribution in [-0.2, 0) is 14.8 Å². The van der Waals surface area contributed by atoms with Gasteiger partial charge in [0, 0.05) is 0 Å². The highest BCUT2D eigenvalue weighted by Crippen LogP contribution is 2.25. The van der Waals surface area contributed by atoms with Crippen molar-refractivity contribution in [3.05, 3.63) is 97.1 Å². The van der Waals surface area contributed by atoms with E-state index in [9.17, 15) is 13.2 Å². The molecule has 3 aromatic rings. The Kier molecular flexibility index (Phi) is 9.02. The molecule has 0 radical (unpaired) electrons. The minimum absolute atomic E-state index is 0.0393. The average Bonchev–Trinajstić information content (AvgIpc) is 2.87. The molecule has 9 heteroatoms. The number of hydrogen-bond donors (Lipinski definition) is 1. The van der Waals surface area contributed by atoms with Gasteiger partial charge in [-0.1, -0.05) is 43.0 Å². The third kappa shape index (κ3) is 7.18. The summed E-state index contributed by atoms with van der Waals surface area (Å²) in [5.74, 6) is 0.597. The van der Waals surface area contributed by atoms with Gasteiger partial charge in [-0.3, -0.25) is 9.10 Å². The summed E-state index contributed by atoms with van der Waals surface area (Å²) in [6.07, 6.45) is 3.09. The van der Waals surface area contributed by atoms with Gasteiger partial charge in [-0.15, -0.1) is 0 Å². The number of ether oxygens (including phenoxy) is 2. The zero-order chi connectivity index (χ0) is 25.1. The smallest absolute Gasteiger partial charge is 0.264 e. The predicted octanol–water partition coefficient (Wildman–Crippen LogP) is 4.00. The number of nitrogens with one attached hydrogen (secondary N) is 1. The van der Waals surface area contributed by atoms with Crippen LogP contribution in [0.25, 0.3) is 0 Å². The van der Waals surface area contributed by atoms with Gasteiger partial charge in [0.15, 0.2) is 0 Å². The van der Waals surface area contributed by atoms with E-state index in [1.54, 1.807) is 72.8 Å². The predicted molar refractivity (Wildman–Crippen MR) is 136 cm³/mol. The number of anilines is 1. The third-order valence-corrected chi connectivity index (χ3v) is 6.47. The summed E-state index contributed by atoms with van der Waals surface area (Å²) in [6.45, 7) is 5.83. The quantitative estimate of drug-likeness (QED) is 0.234. The van der Waals surface area contributed by atoms with Gasteiger partial charge in [0.05, 0.1) is 23.4 Å². The molecule has 0 fully saturated rings. The fraction of sp³-hybridized carbons (Fsp3) is 0.154. The van der Waals surface area contributed by atoms with Crippen molar-refractivity contribution in [1.29, 1.82) is 0 Å². The van der Waals surface area contributed by atoms with Crippen molar-refractivity contribution < 1.29 is 22.7 Å². The Bertz CT molecular complexity index is 1260. The first kappa shape index (κ1) is 25.5. The summed E-state index contributed by atoms with van der Waals surface area (Å²) < 4.78 is 38.7. The van der Waals surface area contributed by atoms with E-state index < -0.39 is 22.5 Å². The molecule has 8 nitrogen and oxygen atoms in total. The van der Waals surface area contributed by atoms with Gasteiger partial charge in [-0.25, -0.2) is 13.8 Å². The maximum absolute atomic E-state index is 13.4. The van der Waals surface area contributed by atoms with Crippen molar-refractivity contribution in [2.45, 2.75) is 11.8 Å². The topological polar surface area (TPSA) is 97.3 Å². The fourth-order valence-corrected chi connectivity index (χ4v) is 4.52. The van der Waals surface area contributed by atoms with E-state index in [0.717, 1.165) is 4.31 Å². The van der Waals surface area contributed by atoms with Gasteiger partial charge >= 0.3 is 0 Å². The minimum atomic E-state index is -4.03. The van der Waals surface area contributed by atoms with Crippen LogP contribution in [-0.4, -0.2) is 40.3 Å². The molecule has 182 valence electrons. The van der Waals surface area contributed by atoms with Crippen molar-refractivity contribution in [2.24, 2.45) is 5.10 Å². The highest BCUT2D eigenvalue weighted by molar-refractivity contribution is 7.92. The fourth-order valence-electron chi connectivity index (χ4n) is 3.10. The maximum Gasteiger partial charge on any atom is 0.264 e. The summed E-state index contributed by atoms with van der Waals surface area (Å²) >= 11 is 0. The summed E-state index contributed by atoms with van der Waals surface area (Å²) in [6, 6.07) is 21.6. The molecule has 0 atom stereocenters. The molecule has 0 aliphatic carbocycles. The number of nitrogens with zero attached hydrogens (tertiary/aromatic N) is 2. The normalized spacial score (nSPS) is 11.1. The number of rotatable bonds is 12. The van der Waals surface area contributed by atoms with Crippen molar-refractivity contribution in [3.63, 3.8) is 0 Å². The molecule has 35 heavy (non-hydrogen) atoms. The van der Waals surface area contributed by atoms with Crippen molar-refractivity contribution >= 4 is 27.8 Å². The molecular weight excluding hydrogens is 466 g/mol. The van der Waals surface area contributed by atoms with Crippen LogP contribution >= 0.6 is 0 Å². The minimum Gasteiger partial charge on any atom is -0.494 e. The number of sulfonamides is 1. The lowest BCUT2D eigenvalue weighted by atomic mass is 10.2. The number of hydrogen-bond acceptors (Lipinski definition) is 6. The standard InChI is InChI=1S/C26H27N3O5S/c1-3-17-34-24-12-8-9-21(18-24)19-27-28-26(30)20-29(22-10-6-5-7-11-22)35(31,32)25-15-13-23(14-16-25)33-4-2/h3,5-16,18-19H,1,4,17,20H2,2H3,(H,28,30)/b27-19-. The highest BCUT2D eigenvalue weighted by Gasteiger charge is 2.27. The maximum atomic E-state index is 13.4. The van der Waals surface area contributed by atoms with E-state index in [1.165, 1.54) is 18.3 Å². The lowest BCUT2D eigenvalue weighted by Gasteiger charge is -2.23. The van der Waals surface area contributed by atoms with E-state index in [2.05, 4.69) is 17.1 Å². The first-order valence-corrected chi connectivity index (χ1v) is 12.3. The number of carbonyl (C=O) groups is 1. The van der Waals surface area contributed by atoms with Crippen LogP contribution in [0.4, 0.5) is 5.69 Å². The second kappa shape index (κ2) is 12.4. The Morgan fingerprint density at radius 2 is 1.74 bits per heavy atom. The molecule has 0 saturated carbocycles. The van der Waals surface area contributed by atoms with Crippen LogP contribution in [0.15, 0.2) is 102 Å². The van der Waals surface area contributed by atoms with E-state index in [1.807, 2.05) is 6.92 Å². The lowest BCUT2D eigenvalue weighted by Crippen LogP contribution is -2.39. The Labute approximate surface area is 205 Å². The van der Waals surface area contributed by atoms with Crippen LogP contribution in [0.5, 0.6) is 11.5 Å². The van der Waals surface area contributed by atoms with Gasteiger partial charge in [-0.05, 0) is 61.0 Å². The SMILES string of the molecule is C=CCOc1cccc(/C=N\NC(=O)CN(c2ccccc2)S(=O)(=O)c2ccc(OCC)cc2)c1. The van der Waals surface area contributed by atoms with E-state index >= 15 is 0 Å². The molecule has 1 amide bonds. The Morgan fingerprint density at radius 1 is 1.00 bits per heavy atom. The molecule has 0 aliphatic rings. The van der Waals surface area contributed by atoms with Gasteiger partial charge < -0.3 is 9.47 Å². The largest absolute Gasteiger partial charge is 0.494 e. The van der Waals surface area contributed by atoms with Crippen LogP contribution in [0, 0.1) is 0 Å². The molecule has 3 aromatic carbocycles. The molecule has 0 saturated heterocycles. The summed E-state index contributed by atoms with van der Waals surface area (Å²) in [7, 11) is -4.03. The Hall–Kier alpha value is -4.11. The molecule has 0 unspecified atom stereocenters. The lowest BCUT2D eigenvalue weighted by molar-refractivity contribution is -0.119. The van der Waals surface area contributed by atoms with Gasteiger partial charge in [0.25, 0.3) is 15.9 Å². The highest BCUT2D eigenvalue weighted by atomic mass is 32.2. The van der Waals surface area contributed by atoms with Crippen LogP contribution in [0.3, 0.4) is 0 Å². The molecule has 0 bridgehead atoms. The van der Waals surface area contributed by atoms with E-state index in [0.29, 0.717) is 36.0 Å². The van der Waals surface area contributed by atoms with Gasteiger partial charge in [0.2, 0.25) is 0 Å². The average molecular weight is 494 g/mol. The molecule has 1 N–H and O–H groups in total. The van der Waals surface area contributed by atoms with E-state index in [4.69, 9.17) is 9.47 Å². The van der Waals surface area contributed by atoms with Crippen LogP contribution < -0.4 is 19.2 Å². The zero-order valence-electron chi connectivity index (χ0n) is 19.3. The van der Waals surface area contributed by atoms with Crippen molar-refractivity contribution in [2.75, 3.05) is 24.1 Å². The molecule has 3 rings (SSSR count). The monoisotopic (exact) mass is 493 g/mol. The molecule has 0 heterocycles. The Morgan fingerprint density at radius 3 is 2.43 bits per heavy atom. The molecule has 0 aliphatic heterocycles. The molecule has 0 spiro atoms. The Balaban J connectivity index is 1.75. The first-order chi connectivity index (χ1) is 16.9. The molecular formula is C26H27N3O5S. The molecule has 0 aromatic heterocycles. The number of amides is 1. The number of para-hydroxylation sites is 1. The van der Waals surface area contributed by atoms with E-state index in [-0.39, 0.29) is 4.90 Å². The second-order valence-corrected chi connectivity index (χ2v) is 9.08. The van der Waals surface area contributed by atoms with Crippen molar-refractivity contribution in [3.8, 4) is 11.5 Å². The van der Waals surface area contributed by atoms with Crippen LogP contribution in [0.1, 0.15) is 12.5 Å². The summed E-state index contributed by atoms with van der Waals surface area (Å²) in [4.78, 5) is 12.7. The number of hydrazone groups is 1. The first-order valence-electron chi connectivity index (χ1n) is 10.9. The summed E-state index contributed by atoms with van der Waals surface area (Å²) in [5, 5.41) is 3.96.